The molecular formula is C25H27N3O4S2. The van der Waals surface area contributed by atoms with Crippen molar-refractivity contribution in [3.05, 3.63) is 68.3 Å². The van der Waals surface area contributed by atoms with Gasteiger partial charge in [-0.1, -0.05) is 38.3 Å². The number of unbranched alkanes of at least 4 members (excludes halogenated alkanes) is 3. The Bertz CT molecular complexity index is 1200. The van der Waals surface area contributed by atoms with Gasteiger partial charge in [-0.05, 0) is 38.0 Å². The van der Waals surface area contributed by atoms with Crippen molar-refractivity contribution < 1.29 is 19.4 Å². The second-order valence-electron chi connectivity index (χ2n) is 8.11. The molecule has 7 nitrogen and oxygen atoms in total. The molecule has 1 atom stereocenters. The first-order valence-electron chi connectivity index (χ1n) is 11.3. The maximum atomic E-state index is 13.6. The smallest absolute Gasteiger partial charge is 0.296 e. The molecule has 0 aliphatic carbocycles. The summed E-state index contributed by atoms with van der Waals surface area (Å²) in [6, 6.07) is 6.53. The highest BCUT2D eigenvalue weighted by Gasteiger charge is 2.46. The van der Waals surface area contributed by atoms with Crippen molar-refractivity contribution in [3.63, 3.8) is 0 Å². The molecule has 2 aromatic heterocycles. The van der Waals surface area contributed by atoms with E-state index in [4.69, 9.17) is 4.74 Å². The minimum absolute atomic E-state index is 0.0418. The van der Waals surface area contributed by atoms with E-state index < -0.39 is 23.5 Å². The lowest BCUT2D eigenvalue weighted by atomic mass is 9.95. The van der Waals surface area contributed by atoms with Crippen LogP contribution in [0, 0.1) is 13.8 Å². The average Bonchev–Trinajstić information content (AvgIpc) is 3.53. The molecule has 9 heteroatoms. The van der Waals surface area contributed by atoms with Crippen molar-refractivity contribution in [3.8, 4) is 5.75 Å². The van der Waals surface area contributed by atoms with Gasteiger partial charge in [0.2, 0.25) is 5.78 Å². The zero-order valence-corrected chi connectivity index (χ0v) is 21.0. The standard InChI is InChI=1S/C25H27N3O4S2/c1-4-5-6-7-13-32-18-10-8-17(9-11-18)20-19(21(29)23-15(2)27-16(3)34-23)22(30)24(31)28(20)25-26-12-14-33-25/h8-12,14,20,30H,4-7,13H2,1-3H3. The van der Waals surface area contributed by atoms with E-state index in [-0.39, 0.29) is 5.57 Å². The monoisotopic (exact) mass is 497 g/mol. The largest absolute Gasteiger partial charge is 0.503 e. The number of carbonyl (C=O) groups is 2. The van der Waals surface area contributed by atoms with Crippen LogP contribution in [0.25, 0.3) is 0 Å². The molecule has 34 heavy (non-hydrogen) atoms. The maximum absolute atomic E-state index is 13.6. The van der Waals surface area contributed by atoms with E-state index in [1.165, 1.54) is 40.4 Å². The molecule has 4 rings (SSSR count). The van der Waals surface area contributed by atoms with Crippen LogP contribution in [-0.4, -0.2) is 33.4 Å². The lowest BCUT2D eigenvalue weighted by Gasteiger charge is -2.24. The van der Waals surface area contributed by atoms with Crippen molar-refractivity contribution >= 4 is 39.5 Å². The first-order chi connectivity index (χ1) is 16.4. The molecule has 178 valence electrons. The van der Waals surface area contributed by atoms with Gasteiger partial charge in [0.15, 0.2) is 10.9 Å². The van der Waals surface area contributed by atoms with Crippen LogP contribution in [0.2, 0.25) is 0 Å². The Morgan fingerprint density at radius 2 is 1.94 bits per heavy atom. The van der Waals surface area contributed by atoms with Gasteiger partial charge in [-0.2, -0.15) is 0 Å². The van der Waals surface area contributed by atoms with Crippen molar-refractivity contribution in [2.75, 3.05) is 11.5 Å². The van der Waals surface area contributed by atoms with E-state index in [0.717, 1.165) is 23.6 Å². The number of Topliss-reactive ketones (excluding diaryl/α,β-unsaturated/α-hetero) is 1. The van der Waals surface area contributed by atoms with Gasteiger partial charge < -0.3 is 9.84 Å². The molecule has 1 aliphatic heterocycles. The number of amides is 1. The molecule has 1 amide bonds. The first kappa shape index (κ1) is 24.1. The summed E-state index contributed by atoms with van der Waals surface area (Å²) in [7, 11) is 0. The van der Waals surface area contributed by atoms with E-state index in [1.807, 2.05) is 31.2 Å². The summed E-state index contributed by atoms with van der Waals surface area (Å²) in [4.78, 5) is 37.1. The van der Waals surface area contributed by atoms with Crippen molar-refractivity contribution in [2.45, 2.75) is 52.5 Å². The number of anilines is 1. The van der Waals surface area contributed by atoms with Gasteiger partial charge in [0.05, 0.1) is 33.8 Å². The van der Waals surface area contributed by atoms with Gasteiger partial charge in [0.1, 0.15) is 5.75 Å². The Hall–Kier alpha value is -3.04. The first-order valence-corrected chi connectivity index (χ1v) is 13.0. The second-order valence-corrected chi connectivity index (χ2v) is 10.2. The topological polar surface area (TPSA) is 92.6 Å². The molecule has 1 unspecified atom stereocenters. The fraction of sp³-hybridized carbons (Fsp3) is 0.360. The van der Waals surface area contributed by atoms with Crippen molar-refractivity contribution in [1.82, 2.24) is 9.97 Å². The molecule has 3 heterocycles. The zero-order chi connectivity index (χ0) is 24.2. The quantitative estimate of drug-likeness (QED) is 0.274. The zero-order valence-electron chi connectivity index (χ0n) is 19.4. The molecule has 1 aliphatic rings. The van der Waals surface area contributed by atoms with Crippen LogP contribution >= 0.6 is 22.7 Å². The summed E-state index contributed by atoms with van der Waals surface area (Å²) in [6.45, 7) is 6.39. The molecule has 1 N–H and O–H groups in total. The number of aromatic nitrogens is 2. The Balaban J connectivity index is 1.66. The van der Waals surface area contributed by atoms with E-state index >= 15 is 0 Å². The highest BCUT2D eigenvalue weighted by molar-refractivity contribution is 7.14. The highest BCUT2D eigenvalue weighted by atomic mass is 32.1. The van der Waals surface area contributed by atoms with Crippen LogP contribution < -0.4 is 9.64 Å². The molecule has 0 radical (unpaired) electrons. The summed E-state index contributed by atoms with van der Waals surface area (Å²) in [5.41, 5.74) is 1.31. The number of ether oxygens (including phenoxy) is 1. The number of aliphatic hydroxyl groups is 1. The third kappa shape index (κ3) is 4.76. The van der Waals surface area contributed by atoms with Crippen LogP contribution in [0.3, 0.4) is 0 Å². The maximum Gasteiger partial charge on any atom is 0.296 e. The van der Waals surface area contributed by atoms with Crippen LogP contribution in [0.5, 0.6) is 5.75 Å². The van der Waals surface area contributed by atoms with Gasteiger partial charge in [-0.3, -0.25) is 14.5 Å². The predicted octanol–water partition coefficient (Wildman–Crippen LogP) is 5.96. The fourth-order valence-electron chi connectivity index (χ4n) is 4.01. The van der Waals surface area contributed by atoms with Gasteiger partial charge in [-0.25, -0.2) is 9.97 Å². The summed E-state index contributed by atoms with van der Waals surface area (Å²) in [6.07, 6.45) is 6.08. The van der Waals surface area contributed by atoms with E-state index in [2.05, 4.69) is 16.9 Å². The molecule has 0 spiro atoms. The Morgan fingerprint density at radius 1 is 1.18 bits per heavy atom. The number of aliphatic hydroxyl groups excluding tert-OH is 1. The van der Waals surface area contributed by atoms with Crippen LogP contribution in [-0.2, 0) is 4.79 Å². The van der Waals surface area contributed by atoms with Crippen molar-refractivity contribution in [1.29, 1.82) is 0 Å². The summed E-state index contributed by atoms with van der Waals surface area (Å²) in [5.74, 6) is -0.861. The molecular weight excluding hydrogens is 470 g/mol. The lowest BCUT2D eigenvalue weighted by Crippen LogP contribution is -2.30. The van der Waals surface area contributed by atoms with Gasteiger partial charge in [0, 0.05) is 11.6 Å². The second kappa shape index (κ2) is 10.5. The number of hydrogen-bond acceptors (Lipinski definition) is 8. The Labute approximate surface area is 206 Å². The SMILES string of the molecule is CCCCCCOc1ccc(C2C(C(=O)c3sc(C)nc3C)=C(O)C(=O)N2c2nccs2)cc1. The Kier molecular flexibility index (Phi) is 7.43. The number of thiazole rings is 2. The minimum Gasteiger partial charge on any atom is -0.503 e. The normalized spacial score (nSPS) is 15.9. The molecule has 0 bridgehead atoms. The summed E-state index contributed by atoms with van der Waals surface area (Å²) < 4.78 is 5.85. The van der Waals surface area contributed by atoms with Crippen LogP contribution in [0.1, 0.15) is 64.6 Å². The fourth-order valence-corrected chi connectivity index (χ4v) is 5.56. The number of nitrogens with zero attached hydrogens (tertiary/aromatic N) is 3. The van der Waals surface area contributed by atoms with Gasteiger partial charge >= 0.3 is 0 Å². The third-order valence-corrected chi connectivity index (χ3v) is 7.49. The van der Waals surface area contributed by atoms with E-state index in [0.29, 0.717) is 27.9 Å². The summed E-state index contributed by atoms with van der Waals surface area (Å²) >= 11 is 2.53. The number of benzene rings is 1. The molecule has 0 saturated heterocycles. The van der Waals surface area contributed by atoms with Crippen LogP contribution in [0.15, 0.2) is 47.2 Å². The van der Waals surface area contributed by atoms with Gasteiger partial charge in [-0.15, -0.1) is 22.7 Å². The third-order valence-electron chi connectivity index (χ3n) is 5.65. The molecule has 0 saturated carbocycles. The highest BCUT2D eigenvalue weighted by Crippen LogP contribution is 2.43. The van der Waals surface area contributed by atoms with Crippen molar-refractivity contribution in [2.24, 2.45) is 0 Å². The number of aryl methyl sites for hydroxylation is 2. The Morgan fingerprint density at radius 3 is 2.56 bits per heavy atom. The summed E-state index contributed by atoms with van der Waals surface area (Å²) in [5, 5.41) is 13.7. The van der Waals surface area contributed by atoms with E-state index in [9.17, 15) is 14.7 Å². The average molecular weight is 498 g/mol. The molecule has 0 fully saturated rings. The number of ketones is 1. The number of hydrogen-bond donors (Lipinski definition) is 1. The number of carbonyl (C=O) groups excluding carboxylic acids is 2. The lowest BCUT2D eigenvalue weighted by molar-refractivity contribution is -0.117. The predicted molar refractivity (Wildman–Crippen MR) is 134 cm³/mol. The van der Waals surface area contributed by atoms with E-state index in [1.54, 1.807) is 18.5 Å². The number of rotatable bonds is 10. The minimum atomic E-state index is -0.799. The van der Waals surface area contributed by atoms with Crippen LogP contribution in [0.4, 0.5) is 5.13 Å². The molecule has 1 aromatic carbocycles. The van der Waals surface area contributed by atoms with Gasteiger partial charge in [0.25, 0.3) is 5.91 Å². The molecule has 3 aromatic rings.